The Kier molecular flexibility index (Phi) is 4.97. The number of esters is 1. The standard InChI is InChI=1S/C17H14ClNO4S/c18-17-11-4-1-2-5-12(11)24-13(17)7-8-16(22)23-10-15(21)19-9-3-6-14(19)20/h1-2,4-5,7-8H,3,6,9-10H2. The van der Waals surface area contributed by atoms with Crippen molar-refractivity contribution in [3.05, 3.63) is 40.2 Å². The van der Waals surface area contributed by atoms with E-state index in [0.29, 0.717) is 24.4 Å². The van der Waals surface area contributed by atoms with Crippen LogP contribution in [0.3, 0.4) is 0 Å². The quantitative estimate of drug-likeness (QED) is 0.617. The Morgan fingerprint density at radius 1 is 1.33 bits per heavy atom. The molecule has 1 aromatic carbocycles. The summed E-state index contributed by atoms with van der Waals surface area (Å²) in [6, 6.07) is 7.68. The lowest BCUT2D eigenvalue weighted by atomic mass is 10.2. The van der Waals surface area contributed by atoms with Crippen molar-refractivity contribution in [2.45, 2.75) is 12.8 Å². The van der Waals surface area contributed by atoms with Crippen molar-refractivity contribution in [3.8, 4) is 0 Å². The second-order valence-electron chi connectivity index (χ2n) is 5.26. The second-order valence-corrected chi connectivity index (χ2v) is 6.72. The highest BCUT2D eigenvalue weighted by atomic mass is 35.5. The zero-order chi connectivity index (χ0) is 17.1. The highest BCUT2D eigenvalue weighted by molar-refractivity contribution is 7.20. The topological polar surface area (TPSA) is 63.7 Å². The summed E-state index contributed by atoms with van der Waals surface area (Å²) in [5.41, 5.74) is 0. The van der Waals surface area contributed by atoms with Crippen LogP contribution in [-0.2, 0) is 19.1 Å². The number of hydrogen-bond acceptors (Lipinski definition) is 5. The van der Waals surface area contributed by atoms with Crippen LogP contribution < -0.4 is 0 Å². The summed E-state index contributed by atoms with van der Waals surface area (Å²) in [5, 5.41) is 1.51. The Bertz CT molecular complexity index is 842. The number of likely N-dealkylation sites (tertiary alicyclic amines) is 1. The van der Waals surface area contributed by atoms with Gasteiger partial charge in [-0.2, -0.15) is 0 Å². The highest BCUT2D eigenvalue weighted by Gasteiger charge is 2.26. The van der Waals surface area contributed by atoms with Gasteiger partial charge in [0.15, 0.2) is 6.61 Å². The molecule has 1 fully saturated rings. The molecule has 0 unspecified atom stereocenters. The van der Waals surface area contributed by atoms with Crippen LogP contribution in [0.15, 0.2) is 30.3 Å². The molecule has 2 aromatic rings. The molecule has 3 rings (SSSR count). The molecular weight excluding hydrogens is 350 g/mol. The van der Waals surface area contributed by atoms with Crippen molar-refractivity contribution in [2.75, 3.05) is 13.2 Å². The fraction of sp³-hybridized carbons (Fsp3) is 0.235. The molecule has 0 N–H and O–H groups in total. The minimum Gasteiger partial charge on any atom is -0.452 e. The molecular formula is C17H14ClNO4S. The number of benzene rings is 1. The summed E-state index contributed by atoms with van der Waals surface area (Å²) in [4.78, 5) is 36.8. The first-order valence-electron chi connectivity index (χ1n) is 7.41. The smallest absolute Gasteiger partial charge is 0.331 e. The van der Waals surface area contributed by atoms with Crippen molar-refractivity contribution >= 4 is 56.9 Å². The summed E-state index contributed by atoms with van der Waals surface area (Å²) in [6.45, 7) is -0.0441. The number of thiophene rings is 1. The monoisotopic (exact) mass is 363 g/mol. The predicted molar refractivity (Wildman–Crippen MR) is 92.8 cm³/mol. The molecule has 2 heterocycles. The second kappa shape index (κ2) is 7.15. The molecule has 7 heteroatoms. The van der Waals surface area contributed by atoms with E-state index < -0.39 is 18.5 Å². The third-order valence-corrected chi connectivity index (χ3v) is 5.30. The van der Waals surface area contributed by atoms with Crippen LogP contribution in [0.5, 0.6) is 0 Å². The van der Waals surface area contributed by atoms with E-state index in [2.05, 4.69) is 0 Å². The average Bonchev–Trinajstić information content (AvgIpc) is 3.15. The number of ether oxygens (including phenoxy) is 1. The molecule has 2 amide bonds. The minimum absolute atomic E-state index is 0.219. The van der Waals surface area contributed by atoms with E-state index in [0.717, 1.165) is 19.9 Å². The van der Waals surface area contributed by atoms with Crippen molar-refractivity contribution in [3.63, 3.8) is 0 Å². The maximum Gasteiger partial charge on any atom is 0.331 e. The molecule has 0 saturated carbocycles. The molecule has 1 saturated heterocycles. The van der Waals surface area contributed by atoms with E-state index in [1.165, 1.54) is 17.4 Å². The Balaban J connectivity index is 1.59. The summed E-state index contributed by atoms with van der Waals surface area (Å²) < 4.78 is 5.92. The predicted octanol–water partition coefficient (Wildman–Crippen LogP) is 3.26. The van der Waals surface area contributed by atoms with Gasteiger partial charge in [-0.25, -0.2) is 4.79 Å². The van der Waals surface area contributed by atoms with Crippen LogP contribution in [0.2, 0.25) is 5.02 Å². The first-order chi connectivity index (χ1) is 11.6. The molecule has 5 nitrogen and oxygen atoms in total. The van der Waals surface area contributed by atoms with E-state index >= 15 is 0 Å². The summed E-state index contributed by atoms with van der Waals surface area (Å²) >= 11 is 7.74. The molecule has 0 radical (unpaired) electrons. The Morgan fingerprint density at radius 2 is 2.12 bits per heavy atom. The number of imide groups is 1. The first-order valence-corrected chi connectivity index (χ1v) is 8.61. The van der Waals surface area contributed by atoms with Gasteiger partial charge in [-0.3, -0.25) is 14.5 Å². The summed E-state index contributed by atoms with van der Waals surface area (Å²) in [5.74, 6) is -1.36. The number of carbonyl (C=O) groups is 3. The van der Waals surface area contributed by atoms with Crippen LogP contribution in [0, 0.1) is 0 Å². The van der Waals surface area contributed by atoms with Crippen molar-refractivity contribution in [1.29, 1.82) is 0 Å². The molecule has 0 spiro atoms. The third kappa shape index (κ3) is 3.49. The maximum absolute atomic E-state index is 11.8. The SMILES string of the molecule is O=C(C=Cc1sc2ccccc2c1Cl)OCC(=O)N1CCCC1=O. The van der Waals surface area contributed by atoms with Gasteiger partial charge in [0.05, 0.1) is 5.02 Å². The van der Waals surface area contributed by atoms with Gasteiger partial charge in [0, 0.05) is 34.0 Å². The molecule has 1 aliphatic heterocycles. The Hall–Kier alpha value is -2.18. The molecule has 124 valence electrons. The number of hydrogen-bond donors (Lipinski definition) is 0. The van der Waals surface area contributed by atoms with Crippen molar-refractivity contribution < 1.29 is 19.1 Å². The number of rotatable bonds is 4. The molecule has 0 atom stereocenters. The maximum atomic E-state index is 11.8. The van der Waals surface area contributed by atoms with Crippen LogP contribution in [0.1, 0.15) is 17.7 Å². The van der Waals surface area contributed by atoms with Crippen LogP contribution >= 0.6 is 22.9 Å². The van der Waals surface area contributed by atoms with Gasteiger partial charge in [0.2, 0.25) is 5.91 Å². The summed E-state index contributed by atoms with van der Waals surface area (Å²) in [6.07, 6.45) is 3.82. The van der Waals surface area contributed by atoms with Gasteiger partial charge in [-0.1, -0.05) is 29.8 Å². The molecule has 0 bridgehead atoms. The van der Waals surface area contributed by atoms with Gasteiger partial charge >= 0.3 is 5.97 Å². The third-order valence-electron chi connectivity index (χ3n) is 3.64. The lowest BCUT2D eigenvalue weighted by Gasteiger charge is -2.12. The van der Waals surface area contributed by atoms with E-state index in [1.807, 2.05) is 24.3 Å². The van der Waals surface area contributed by atoms with Gasteiger partial charge in [-0.05, 0) is 18.6 Å². The van der Waals surface area contributed by atoms with Gasteiger partial charge in [-0.15, -0.1) is 11.3 Å². The van der Waals surface area contributed by atoms with Crippen LogP contribution in [-0.4, -0.2) is 35.8 Å². The lowest BCUT2D eigenvalue weighted by Crippen LogP contribution is -2.35. The van der Waals surface area contributed by atoms with Gasteiger partial charge in [0.1, 0.15) is 0 Å². The van der Waals surface area contributed by atoms with Crippen LogP contribution in [0.4, 0.5) is 0 Å². The normalized spacial score (nSPS) is 14.7. The number of nitrogens with zero attached hydrogens (tertiary/aromatic N) is 1. The number of carbonyl (C=O) groups excluding carboxylic acids is 3. The van der Waals surface area contributed by atoms with E-state index in [1.54, 1.807) is 6.08 Å². The number of fused-ring (bicyclic) bond motifs is 1. The molecule has 1 aromatic heterocycles. The van der Waals surface area contributed by atoms with Gasteiger partial charge in [0.25, 0.3) is 5.91 Å². The minimum atomic E-state index is -0.650. The average molecular weight is 364 g/mol. The molecule has 0 aliphatic carbocycles. The largest absolute Gasteiger partial charge is 0.452 e. The van der Waals surface area contributed by atoms with E-state index in [4.69, 9.17) is 16.3 Å². The first kappa shape index (κ1) is 16.7. The van der Waals surface area contributed by atoms with E-state index in [9.17, 15) is 14.4 Å². The lowest BCUT2D eigenvalue weighted by molar-refractivity contribution is -0.151. The number of amides is 2. The molecule has 24 heavy (non-hydrogen) atoms. The highest BCUT2D eigenvalue weighted by Crippen LogP contribution is 2.35. The summed E-state index contributed by atoms with van der Waals surface area (Å²) in [7, 11) is 0. The fourth-order valence-electron chi connectivity index (χ4n) is 2.45. The zero-order valence-corrected chi connectivity index (χ0v) is 14.2. The van der Waals surface area contributed by atoms with Crippen molar-refractivity contribution in [1.82, 2.24) is 4.90 Å². The fourth-order valence-corrected chi connectivity index (χ4v) is 3.85. The molecule has 1 aliphatic rings. The van der Waals surface area contributed by atoms with E-state index in [-0.39, 0.29) is 5.91 Å². The van der Waals surface area contributed by atoms with Crippen LogP contribution in [0.25, 0.3) is 16.2 Å². The Morgan fingerprint density at radius 3 is 2.83 bits per heavy atom. The van der Waals surface area contributed by atoms with Crippen molar-refractivity contribution in [2.24, 2.45) is 0 Å². The van der Waals surface area contributed by atoms with Gasteiger partial charge < -0.3 is 4.74 Å². The number of halogens is 1. The zero-order valence-electron chi connectivity index (χ0n) is 12.7. The Labute approximate surface area is 147 Å².